The summed E-state index contributed by atoms with van der Waals surface area (Å²) in [5.74, 6) is -0.735. The zero-order valence-electron chi connectivity index (χ0n) is 12.7. The fourth-order valence-corrected chi connectivity index (χ4v) is 3.41. The second-order valence-electron chi connectivity index (χ2n) is 4.70. The summed E-state index contributed by atoms with van der Waals surface area (Å²) in [4.78, 5) is 22.3. The standard InChI is InChI=1S/C14H20N2O5S2/c1-2-8-23(20,21)16-12-5-3-4-11(9-12)14(19)15-6-7-22-10-13(17)18/h3-5,9,16H,2,6-8,10H2,1H3,(H,15,19)(H,17,18). The average Bonchev–Trinajstić information content (AvgIpc) is 2.46. The number of carbonyl (C=O) groups excluding carboxylic acids is 1. The molecule has 0 heterocycles. The van der Waals surface area contributed by atoms with Gasteiger partial charge < -0.3 is 10.4 Å². The fraction of sp³-hybridized carbons (Fsp3) is 0.429. The maximum atomic E-state index is 12.0. The van der Waals surface area contributed by atoms with Gasteiger partial charge in [-0.05, 0) is 24.6 Å². The molecule has 1 rings (SSSR count). The summed E-state index contributed by atoms with van der Waals surface area (Å²) < 4.78 is 25.9. The molecule has 0 atom stereocenters. The molecular weight excluding hydrogens is 340 g/mol. The Balaban J connectivity index is 2.55. The van der Waals surface area contributed by atoms with Gasteiger partial charge in [0.2, 0.25) is 10.0 Å². The van der Waals surface area contributed by atoms with Crippen LogP contribution in [-0.2, 0) is 14.8 Å². The fourth-order valence-electron chi connectivity index (χ4n) is 1.72. The molecule has 7 nitrogen and oxygen atoms in total. The van der Waals surface area contributed by atoms with Crippen LogP contribution in [0.3, 0.4) is 0 Å². The summed E-state index contributed by atoms with van der Waals surface area (Å²) in [6.45, 7) is 2.11. The topological polar surface area (TPSA) is 113 Å². The van der Waals surface area contributed by atoms with Crippen molar-refractivity contribution in [2.24, 2.45) is 0 Å². The van der Waals surface area contributed by atoms with Gasteiger partial charge in [0, 0.05) is 23.5 Å². The number of nitrogens with one attached hydrogen (secondary N) is 2. The van der Waals surface area contributed by atoms with Crippen molar-refractivity contribution in [2.45, 2.75) is 13.3 Å². The summed E-state index contributed by atoms with van der Waals surface area (Å²) in [7, 11) is -3.40. The number of carboxylic acid groups (broad SMARTS) is 1. The molecule has 1 aromatic rings. The van der Waals surface area contributed by atoms with Crippen LogP contribution in [0.1, 0.15) is 23.7 Å². The molecule has 0 unspecified atom stereocenters. The van der Waals surface area contributed by atoms with Crippen molar-refractivity contribution in [3.63, 3.8) is 0 Å². The minimum absolute atomic E-state index is 0.00936. The highest BCUT2D eigenvalue weighted by Crippen LogP contribution is 2.13. The zero-order valence-corrected chi connectivity index (χ0v) is 14.4. The molecule has 0 bridgehead atoms. The molecule has 0 saturated heterocycles. The number of benzene rings is 1. The van der Waals surface area contributed by atoms with Crippen LogP contribution in [0.15, 0.2) is 24.3 Å². The van der Waals surface area contributed by atoms with Crippen LogP contribution in [0.5, 0.6) is 0 Å². The summed E-state index contributed by atoms with van der Waals surface area (Å²) in [5, 5.41) is 11.2. The van der Waals surface area contributed by atoms with Crippen molar-refractivity contribution >= 4 is 39.3 Å². The van der Waals surface area contributed by atoms with Gasteiger partial charge in [0.05, 0.1) is 11.5 Å². The van der Waals surface area contributed by atoms with Crippen LogP contribution in [0.2, 0.25) is 0 Å². The first-order valence-corrected chi connectivity index (χ1v) is 9.83. The van der Waals surface area contributed by atoms with E-state index < -0.39 is 16.0 Å². The molecule has 1 aromatic carbocycles. The van der Waals surface area contributed by atoms with Gasteiger partial charge in [-0.3, -0.25) is 14.3 Å². The first kappa shape index (κ1) is 19.3. The van der Waals surface area contributed by atoms with Crippen molar-refractivity contribution in [3.8, 4) is 0 Å². The molecule has 3 N–H and O–H groups in total. The lowest BCUT2D eigenvalue weighted by Gasteiger charge is -2.09. The highest BCUT2D eigenvalue weighted by atomic mass is 32.2. The van der Waals surface area contributed by atoms with Gasteiger partial charge in [0.25, 0.3) is 5.91 Å². The number of carboxylic acids is 1. The highest BCUT2D eigenvalue weighted by Gasteiger charge is 2.11. The third kappa shape index (κ3) is 7.89. The average molecular weight is 360 g/mol. The van der Waals surface area contributed by atoms with E-state index in [0.717, 1.165) is 0 Å². The molecule has 0 saturated carbocycles. The van der Waals surface area contributed by atoms with Gasteiger partial charge in [-0.2, -0.15) is 0 Å². The van der Waals surface area contributed by atoms with Gasteiger partial charge in [-0.1, -0.05) is 13.0 Å². The van der Waals surface area contributed by atoms with Gasteiger partial charge in [0.1, 0.15) is 0 Å². The van der Waals surface area contributed by atoms with Crippen molar-refractivity contribution in [2.75, 3.05) is 28.5 Å². The predicted octanol–water partition coefficient (Wildman–Crippen LogP) is 1.39. The van der Waals surface area contributed by atoms with Crippen LogP contribution in [0.25, 0.3) is 0 Å². The number of hydrogen-bond donors (Lipinski definition) is 3. The van der Waals surface area contributed by atoms with E-state index in [9.17, 15) is 18.0 Å². The molecule has 0 aliphatic rings. The molecule has 0 fully saturated rings. The Hall–Kier alpha value is -1.74. The molecule has 0 radical (unpaired) electrons. The minimum Gasteiger partial charge on any atom is -0.481 e. The zero-order chi connectivity index (χ0) is 17.3. The molecule has 0 aromatic heterocycles. The summed E-state index contributed by atoms with van der Waals surface area (Å²) in [5.41, 5.74) is 0.677. The lowest BCUT2D eigenvalue weighted by Crippen LogP contribution is -2.26. The normalized spacial score (nSPS) is 11.0. The van der Waals surface area contributed by atoms with Crippen LogP contribution >= 0.6 is 11.8 Å². The van der Waals surface area contributed by atoms with Crippen LogP contribution < -0.4 is 10.0 Å². The largest absolute Gasteiger partial charge is 0.481 e. The molecular formula is C14H20N2O5S2. The van der Waals surface area contributed by atoms with E-state index >= 15 is 0 Å². The number of thioether (sulfide) groups is 1. The lowest BCUT2D eigenvalue weighted by atomic mass is 10.2. The molecule has 0 aliphatic carbocycles. The predicted molar refractivity (Wildman–Crippen MR) is 91.4 cm³/mol. The van der Waals surface area contributed by atoms with E-state index in [-0.39, 0.29) is 17.4 Å². The third-order valence-corrected chi connectivity index (χ3v) is 5.06. The second-order valence-corrected chi connectivity index (χ2v) is 7.65. The number of sulfonamides is 1. The second kappa shape index (κ2) is 9.41. The maximum Gasteiger partial charge on any atom is 0.313 e. The van der Waals surface area contributed by atoms with Gasteiger partial charge in [-0.15, -0.1) is 11.8 Å². The molecule has 9 heteroatoms. The van der Waals surface area contributed by atoms with E-state index in [1.807, 2.05) is 0 Å². The summed E-state index contributed by atoms with van der Waals surface area (Å²) in [6, 6.07) is 6.22. The highest BCUT2D eigenvalue weighted by molar-refractivity contribution is 7.99. The molecule has 23 heavy (non-hydrogen) atoms. The molecule has 128 valence electrons. The molecule has 0 aliphatic heterocycles. The quantitative estimate of drug-likeness (QED) is 0.544. The summed E-state index contributed by atoms with van der Waals surface area (Å²) in [6.07, 6.45) is 0.503. The molecule has 0 spiro atoms. The number of aliphatic carboxylic acids is 1. The smallest absolute Gasteiger partial charge is 0.313 e. The molecule has 1 amide bonds. The van der Waals surface area contributed by atoms with Crippen LogP contribution in [-0.4, -0.2) is 49.2 Å². The van der Waals surface area contributed by atoms with Crippen molar-refractivity contribution in [1.29, 1.82) is 0 Å². The van der Waals surface area contributed by atoms with Crippen molar-refractivity contribution in [1.82, 2.24) is 5.32 Å². The lowest BCUT2D eigenvalue weighted by molar-refractivity contribution is -0.133. The van der Waals surface area contributed by atoms with Crippen molar-refractivity contribution in [3.05, 3.63) is 29.8 Å². The van der Waals surface area contributed by atoms with Gasteiger partial charge in [0.15, 0.2) is 0 Å². The Morgan fingerprint density at radius 1 is 1.30 bits per heavy atom. The monoisotopic (exact) mass is 360 g/mol. The first-order valence-electron chi connectivity index (χ1n) is 7.02. The SMILES string of the molecule is CCCS(=O)(=O)Nc1cccc(C(=O)NCCSCC(=O)O)c1. The van der Waals surface area contributed by atoms with Crippen molar-refractivity contribution < 1.29 is 23.1 Å². The number of carbonyl (C=O) groups is 2. The van der Waals surface area contributed by atoms with E-state index in [2.05, 4.69) is 10.0 Å². The summed E-state index contributed by atoms with van der Waals surface area (Å²) >= 11 is 1.21. The number of amides is 1. The number of hydrogen-bond acceptors (Lipinski definition) is 5. The Bertz CT molecular complexity index is 646. The van der Waals surface area contributed by atoms with E-state index in [1.165, 1.54) is 17.8 Å². The Morgan fingerprint density at radius 2 is 2.04 bits per heavy atom. The Kier molecular flexibility index (Phi) is 7.90. The number of rotatable bonds is 10. The Morgan fingerprint density at radius 3 is 2.70 bits per heavy atom. The first-order chi connectivity index (χ1) is 10.8. The van der Waals surface area contributed by atoms with E-state index in [0.29, 0.717) is 30.0 Å². The van der Waals surface area contributed by atoms with Crippen LogP contribution in [0, 0.1) is 0 Å². The Labute approximate surface area is 139 Å². The van der Waals surface area contributed by atoms with Gasteiger partial charge in [-0.25, -0.2) is 8.42 Å². The van der Waals surface area contributed by atoms with E-state index in [4.69, 9.17) is 5.11 Å². The van der Waals surface area contributed by atoms with E-state index in [1.54, 1.807) is 25.1 Å². The minimum atomic E-state index is -3.40. The van der Waals surface area contributed by atoms with Crippen LogP contribution in [0.4, 0.5) is 5.69 Å². The third-order valence-electron chi connectivity index (χ3n) is 2.63. The maximum absolute atomic E-state index is 12.0. The number of anilines is 1. The van der Waals surface area contributed by atoms with Gasteiger partial charge >= 0.3 is 5.97 Å².